The van der Waals surface area contributed by atoms with Gasteiger partial charge in [0.15, 0.2) is 23.1 Å². The van der Waals surface area contributed by atoms with Crippen molar-refractivity contribution in [3.05, 3.63) is 114 Å². The predicted molar refractivity (Wildman–Crippen MR) is 310 cm³/mol. The first-order valence-corrected chi connectivity index (χ1v) is 31.0. The van der Waals surface area contributed by atoms with Crippen molar-refractivity contribution in [2.24, 2.45) is 0 Å². The molecule has 0 saturated carbocycles. The number of urea groups is 2. The van der Waals surface area contributed by atoms with Crippen molar-refractivity contribution in [2.45, 2.75) is 73.6 Å². The first-order valence-electron chi connectivity index (χ1n) is 26.5. The van der Waals surface area contributed by atoms with E-state index in [4.69, 9.17) is 74.8 Å². The van der Waals surface area contributed by atoms with Gasteiger partial charge < -0.3 is 59.5 Å². The van der Waals surface area contributed by atoms with Crippen LogP contribution in [-0.2, 0) is 51.8 Å². The maximum absolute atomic E-state index is 15.5. The summed E-state index contributed by atoms with van der Waals surface area (Å²) in [6.45, 7) is 5.49. The fourth-order valence-electron chi connectivity index (χ4n) is 9.24. The second-order valence-electron chi connectivity index (χ2n) is 19.9. The third-order valence-corrected chi connectivity index (χ3v) is 17.4. The summed E-state index contributed by atoms with van der Waals surface area (Å²) in [5, 5.41) is 12.7. The van der Waals surface area contributed by atoms with Crippen molar-refractivity contribution < 1.29 is 63.6 Å². The van der Waals surface area contributed by atoms with Crippen molar-refractivity contribution in [3.63, 3.8) is 0 Å². The topological polar surface area (TPSA) is 236 Å². The van der Waals surface area contributed by atoms with Gasteiger partial charge in [0.25, 0.3) is 0 Å². The average molecular weight is 1270 g/mol. The molecular formula is C54H72Cl4F2N8O12S2. The maximum atomic E-state index is 15.5. The molecule has 2 aliphatic carbocycles. The summed E-state index contributed by atoms with van der Waals surface area (Å²) in [7, 11) is -0.611. The van der Waals surface area contributed by atoms with Crippen molar-refractivity contribution >= 4 is 78.5 Å². The summed E-state index contributed by atoms with van der Waals surface area (Å²) >= 11 is 25.5. The molecule has 0 bridgehead atoms. The molecule has 6 rings (SSSR count). The molecule has 0 saturated heterocycles. The molecule has 0 aromatic heterocycles. The number of nitrogens with zero attached hydrogens (tertiary/aromatic N) is 2. The van der Waals surface area contributed by atoms with Gasteiger partial charge in [-0.1, -0.05) is 46.4 Å². The van der Waals surface area contributed by atoms with Crippen LogP contribution in [0.25, 0.3) is 0 Å². The lowest BCUT2D eigenvalue weighted by atomic mass is 10.1. The van der Waals surface area contributed by atoms with Crippen molar-refractivity contribution in [1.82, 2.24) is 40.5 Å². The van der Waals surface area contributed by atoms with Gasteiger partial charge in [-0.3, -0.25) is 0 Å². The molecule has 82 heavy (non-hydrogen) atoms. The fourth-order valence-corrected chi connectivity index (χ4v) is 12.6. The lowest BCUT2D eigenvalue weighted by Gasteiger charge is -2.28. The summed E-state index contributed by atoms with van der Waals surface area (Å²) in [6.07, 6.45) is 1.18. The number of ether oxygens (including phenoxy) is 6. The number of hydrogen-bond acceptors (Lipinski definition) is 14. The molecule has 0 aliphatic heterocycles. The van der Waals surface area contributed by atoms with E-state index < -0.39 is 43.9 Å². The van der Waals surface area contributed by atoms with Gasteiger partial charge in [0, 0.05) is 70.5 Å². The highest BCUT2D eigenvalue weighted by Crippen LogP contribution is 2.45. The quantitative estimate of drug-likeness (QED) is 0.0261. The zero-order valence-electron chi connectivity index (χ0n) is 46.5. The Kier molecular flexibility index (Phi) is 25.8. The molecule has 28 heteroatoms. The number of hydrogen-bond donors (Lipinski definition) is 6. The smallest absolute Gasteiger partial charge is 0.314 e. The third-order valence-electron chi connectivity index (χ3n) is 13.4. The van der Waals surface area contributed by atoms with Gasteiger partial charge in [0.1, 0.15) is 12.2 Å². The first-order chi connectivity index (χ1) is 39.0. The molecule has 2 aliphatic rings. The Labute approximate surface area is 498 Å². The number of benzene rings is 4. The Hall–Kier alpha value is -4.38. The highest BCUT2D eigenvalue weighted by Gasteiger charge is 2.40. The molecule has 6 N–H and O–H groups in total. The minimum Gasteiger partial charge on any atom is -0.481 e. The normalized spacial score (nSPS) is 16.8. The molecule has 4 amide bonds. The number of sulfonamides is 2. The van der Waals surface area contributed by atoms with Crippen molar-refractivity contribution in [3.8, 4) is 11.5 Å². The van der Waals surface area contributed by atoms with E-state index in [1.807, 2.05) is 38.0 Å². The summed E-state index contributed by atoms with van der Waals surface area (Å²) in [6, 6.07) is 10.3. The van der Waals surface area contributed by atoms with Gasteiger partial charge in [-0.05, 0) is 139 Å². The molecule has 4 aromatic rings. The zero-order valence-corrected chi connectivity index (χ0v) is 51.2. The highest BCUT2D eigenvalue weighted by molar-refractivity contribution is 7.89. The van der Waals surface area contributed by atoms with E-state index in [1.165, 1.54) is 12.1 Å². The van der Waals surface area contributed by atoms with E-state index >= 15 is 8.78 Å². The maximum Gasteiger partial charge on any atom is 0.314 e. The average Bonchev–Trinajstić information content (AvgIpc) is 4.21. The molecule has 4 atom stereocenters. The summed E-state index contributed by atoms with van der Waals surface area (Å²) in [5.74, 6) is -1.78. The lowest BCUT2D eigenvalue weighted by molar-refractivity contribution is 0.0516. The van der Waals surface area contributed by atoms with Crippen LogP contribution in [0.1, 0.15) is 58.4 Å². The van der Waals surface area contributed by atoms with Crippen LogP contribution in [0.4, 0.5) is 18.4 Å². The standard InChI is InChI=1S/C54H72Cl4F2N8O12S2/c1-33-23-37(29-45(59)49(33)79-51-41-25-35(55)27-43(57)39(41)31-47(51)67(3)4)81(71,72)65-13-17-77-21-19-75-15-11-63-53(69)61-9-7-8-10-62-54(70)64-12-16-76-20-22-78-18-14-66-82(73,74)38-24-34(2)50(46(60)30-38)80-52-42-26-36(56)28-44(58)40(42)32-48(52)68(5)6/h23-30,47-48,51-52,65-66H,7-22,31-32H2,1-6H3,(H2,61,63,69)(H2,62,64,70)/t47-,48-,51-,52-/m0/s1. The Morgan fingerprint density at radius 2 is 0.854 bits per heavy atom. The number of carbonyl (C=O) groups excluding carboxylic acids is 2. The molecule has 20 nitrogen and oxygen atoms in total. The van der Waals surface area contributed by atoms with E-state index in [1.54, 1.807) is 38.1 Å². The minimum absolute atomic E-state index is 0.0330. The van der Waals surface area contributed by atoms with Crippen LogP contribution >= 0.6 is 46.4 Å². The van der Waals surface area contributed by atoms with Gasteiger partial charge in [-0.15, -0.1) is 0 Å². The molecular weight excluding hydrogens is 1200 g/mol. The monoisotopic (exact) mass is 1270 g/mol. The number of halogens is 6. The second kappa shape index (κ2) is 31.7. The number of amides is 4. The first kappa shape index (κ1) is 66.8. The van der Waals surface area contributed by atoms with Crippen molar-refractivity contribution in [2.75, 3.05) is 120 Å². The van der Waals surface area contributed by atoms with Gasteiger partial charge in [0.05, 0.1) is 74.7 Å². The Bertz CT molecular complexity index is 2820. The predicted octanol–water partition coefficient (Wildman–Crippen LogP) is 7.11. The number of rotatable bonds is 33. The number of carbonyl (C=O) groups is 2. The molecule has 0 unspecified atom stereocenters. The molecule has 0 fully saturated rings. The van der Waals surface area contributed by atoms with E-state index in [2.05, 4.69) is 30.7 Å². The van der Waals surface area contributed by atoms with Crippen LogP contribution < -0.4 is 40.2 Å². The third kappa shape index (κ3) is 19.1. The fraction of sp³-hybridized carbons (Fsp3) is 0.519. The lowest BCUT2D eigenvalue weighted by Crippen LogP contribution is -2.39. The largest absolute Gasteiger partial charge is 0.481 e. The summed E-state index contributed by atoms with van der Waals surface area (Å²) in [5.41, 5.74) is 3.84. The van der Waals surface area contributed by atoms with Crippen LogP contribution in [0, 0.1) is 25.5 Å². The number of likely N-dealkylation sites (N-methyl/N-ethyl adjacent to an activating group) is 2. The molecule has 454 valence electrons. The van der Waals surface area contributed by atoms with Crippen LogP contribution in [0.3, 0.4) is 0 Å². The SMILES string of the molecule is Cc1cc(S(=O)(=O)NCCOCCOCCNC(=O)NCCCCNC(=O)NCCOCCOCCNS(=O)(=O)c2cc(C)c(O[C@H]3c4cc(Cl)cc(Cl)c4C[C@@H]3N(C)C)c(F)c2)cc(F)c1O[C@H]1c2cc(Cl)cc(Cl)c2C[C@@H]1N(C)C. The van der Waals surface area contributed by atoms with Gasteiger partial charge in [-0.2, -0.15) is 0 Å². The van der Waals surface area contributed by atoms with Gasteiger partial charge in [0.2, 0.25) is 20.0 Å². The molecule has 4 aromatic carbocycles. The Balaban J connectivity index is 0.722. The highest BCUT2D eigenvalue weighted by atomic mass is 35.5. The summed E-state index contributed by atoms with van der Waals surface area (Å²) in [4.78, 5) is 27.6. The van der Waals surface area contributed by atoms with Crippen LogP contribution in [0.15, 0.2) is 58.3 Å². The zero-order chi connectivity index (χ0) is 59.7. The van der Waals surface area contributed by atoms with E-state index in [9.17, 15) is 26.4 Å². The Morgan fingerprint density at radius 3 is 1.20 bits per heavy atom. The number of fused-ring (bicyclic) bond motifs is 2. The summed E-state index contributed by atoms with van der Waals surface area (Å²) < 4.78 is 122. The van der Waals surface area contributed by atoms with Crippen LogP contribution in [0.2, 0.25) is 20.1 Å². The molecule has 0 radical (unpaired) electrons. The molecule has 0 heterocycles. The number of nitrogens with one attached hydrogen (secondary N) is 6. The minimum atomic E-state index is -4.08. The number of aryl methyl sites for hydroxylation is 2. The van der Waals surface area contributed by atoms with Crippen LogP contribution in [-0.4, -0.2) is 171 Å². The van der Waals surface area contributed by atoms with Crippen molar-refractivity contribution in [1.29, 1.82) is 0 Å². The van der Waals surface area contributed by atoms with Gasteiger partial charge in [-0.25, -0.2) is 44.6 Å². The Morgan fingerprint density at radius 1 is 0.512 bits per heavy atom. The van der Waals surface area contributed by atoms with Gasteiger partial charge >= 0.3 is 12.1 Å². The van der Waals surface area contributed by atoms with E-state index in [0.717, 1.165) is 34.4 Å². The van der Waals surface area contributed by atoms with E-state index in [0.29, 0.717) is 70.0 Å². The second-order valence-corrected chi connectivity index (χ2v) is 25.1. The molecule has 0 spiro atoms. The van der Waals surface area contributed by atoms with E-state index in [-0.39, 0.29) is 124 Å². The number of unbranched alkanes of at least 4 members (excludes halogenated alkanes) is 1. The van der Waals surface area contributed by atoms with Crippen LogP contribution in [0.5, 0.6) is 11.5 Å².